The SMILES string of the molecule is CCS(=O)(=O)c1ccccc1C(=O)Nc1cccc(OC)c1. The zero-order chi connectivity index (χ0) is 16.2. The van der Waals surface area contributed by atoms with Crippen LogP contribution in [-0.2, 0) is 9.84 Å². The van der Waals surface area contributed by atoms with E-state index in [-0.39, 0.29) is 16.2 Å². The van der Waals surface area contributed by atoms with Crippen molar-refractivity contribution in [2.75, 3.05) is 18.2 Å². The van der Waals surface area contributed by atoms with E-state index in [1.165, 1.54) is 19.2 Å². The lowest BCUT2D eigenvalue weighted by Gasteiger charge is -2.10. The maximum Gasteiger partial charge on any atom is 0.256 e. The number of hydrogen-bond acceptors (Lipinski definition) is 4. The molecule has 0 heterocycles. The summed E-state index contributed by atoms with van der Waals surface area (Å²) in [6, 6.07) is 13.0. The summed E-state index contributed by atoms with van der Waals surface area (Å²) < 4.78 is 29.2. The van der Waals surface area contributed by atoms with Gasteiger partial charge in [0, 0.05) is 11.8 Å². The van der Waals surface area contributed by atoms with E-state index < -0.39 is 15.7 Å². The molecule has 0 atom stereocenters. The van der Waals surface area contributed by atoms with Crippen LogP contribution >= 0.6 is 0 Å². The molecule has 6 heteroatoms. The molecule has 0 radical (unpaired) electrons. The summed E-state index contributed by atoms with van der Waals surface area (Å²) in [5.41, 5.74) is 0.667. The van der Waals surface area contributed by atoms with Crippen molar-refractivity contribution < 1.29 is 17.9 Å². The molecule has 22 heavy (non-hydrogen) atoms. The van der Waals surface area contributed by atoms with E-state index >= 15 is 0 Å². The third kappa shape index (κ3) is 3.46. The number of rotatable bonds is 5. The number of hydrogen-bond donors (Lipinski definition) is 1. The van der Waals surface area contributed by atoms with Crippen LogP contribution in [0.2, 0.25) is 0 Å². The van der Waals surface area contributed by atoms with Crippen molar-refractivity contribution in [3.05, 3.63) is 54.1 Å². The lowest BCUT2D eigenvalue weighted by atomic mass is 10.2. The summed E-state index contributed by atoms with van der Waals surface area (Å²) in [6.45, 7) is 1.55. The van der Waals surface area contributed by atoms with Crippen molar-refractivity contribution in [3.8, 4) is 5.75 Å². The molecule has 0 aliphatic carbocycles. The van der Waals surface area contributed by atoms with Gasteiger partial charge in [-0.1, -0.05) is 25.1 Å². The van der Waals surface area contributed by atoms with E-state index in [2.05, 4.69) is 5.32 Å². The van der Waals surface area contributed by atoms with E-state index in [0.29, 0.717) is 11.4 Å². The third-order valence-corrected chi connectivity index (χ3v) is 4.96. The Morgan fingerprint density at radius 3 is 2.55 bits per heavy atom. The first kappa shape index (κ1) is 16.0. The van der Waals surface area contributed by atoms with Gasteiger partial charge in [0.2, 0.25) is 0 Å². The lowest BCUT2D eigenvalue weighted by Crippen LogP contribution is -2.17. The Bertz CT molecular complexity index is 784. The van der Waals surface area contributed by atoms with Gasteiger partial charge in [-0.15, -0.1) is 0 Å². The molecule has 0 saturated heterocycles. The molecule has 1 N–H and O–H groups in total. The minimum atomic E-state index is -3.46. The second kappa shape index (κ2) is 6.62. The molecule has 2 rings (SSSR count). The highest BCUT2D eigenvalue weighted by molar-refractivity contribution is 7.91. The molecule has 0 aliphatic rings. The van der Waals surface area contributed by atoms with E-state index in [4.69, 9.17) is 4.74 Å². The Morgan fingerprint density at radius 2 is 1.86 bits per heavy atom. The molecule has 0 unspecified atom stereocenters. The zero-order valence-corrected chi connectivity index (χ0v) is 13.2. The molecular formula is C16H17NO4S. The maximum absolute atomic E-state index is 12.4. The summed E-state index contributed by atoms with van der Waals surface area (Å²) in [5.74, 6) is 0.0735. The molecule has 2 aromatic rings. The fourth-order valence-corrected chi connectivity index (χ4v) is 3.07. The number of benzene rings is 2. The van der Waals surface area contributed by atoms with Crippen LogP contribution in [-0.4, -0.2) is 27.2 Å². The highest BCUT2D eigenvalue weighted by Crippen LogP contribution is 2.21. The first-order valence-corrected chi connectivity index (χ1v) is 8.40. The minimum absolute atomic E-state index is 0.0397. The summed E-state index contributed by atoms with van der Waals surface area (Å²) in [4.78, 5) is 12.4. The molecule has 5 nitrogen and oxygen atoms in total. The largest absolute Gasteiger partial charge is 0.497 e. The molecule has 2 aromatic carbocycles. The predicted octanol–water partition coefficient (Wildman–Crippen LogP) is 2.74. The highest BCUT2D eigenvalue weighted by Gasteiger charge is 2.20. The van der Waals surface area contributed by atoms with E-state index in [0.717, 1.165) is 0 Å². The molecule has 0 bridgehead atoms. The second-order valence-electron chi connectivity index (χ2n) is 4.59. The van der Waals surface area contributed by atoms with Crippen LogP contribution in [0.1, 0.15) is 17.3 Å². The molecule has 1 amide bonds. The van der Waals surface area contributed by atoms with Gasteiger partial charge in [0.15, 0.2) is 9.84 Å². The minimum Gasteiger partial charge on any atom is -0.497 e. The van der Waals surface area contributed by atoms with Crippen molar-refractivity contribution in [1.82, 2.24) is 0 Å². The number of ether oxygens (including phenoxy) is 1. The van der Waals surface area contributed by atoms with Gasteiger partial charge in [0.1, 0.15) is 5.75 Å². The number of nitrogens with one attached hydrogen (secondary N) is 1. The van der Waals surface area contributed by atoms with Gasteiger partial charge in [-0.2, -0.15) is 0 Å². The fourth-order valence-electron chi connectivity index (χ4n) is 1.98. The highest BCUT2D eigenvalue weighted by atomic mass is 32.2. The maximum atomic E-state index is 12.4. The van der Waals surface area contributed by atoms with Gasteiger partial charge < -0.3 is 10.1 Å². The van der Waals surface area contributed by atoms with Gasteiger partial charge >= 0.3 is 0 Å². The Kier molecular flexibility index (Phi) is 4.82. The van der Waals surface area contributed by atoms with Crippen molar-refractivity contribution in [3.63, 3.8) is 0 Å². The van der Waals surface area contributed by atoms with Crippen molar-refractivity contribution in [2.45, 2.75) is 11.8 Å². The van der Waals surface area contributed by atoms with Crippen molar-refractivity contribution in [2.24, 2.45) is 0 Å². The van der Waals surface area contributed by atoms with Gasteiger partial charge in [-0.25, -0.2) is 8.42 Å². The zero-order valence-electron chi connectivity index (χ0n) is 12.4. The standard InChI is InChI=1S/C16H17NO4S/c1-3-22(19,20)15-10-5-4-9-14(15)16(18)17-12-7-6-8-13(11-12)21-2/h4-11H,3H2,1-2H3,(H,17,18). The third-order valence-electron chi connectivity index (χ3n) is 3.17. The van der Waals surface area contributed by atoms with Crippen LogP contribution in [0.3, 0.4) is 0 Å². The summed E-state index contributed by atoms with van der Waals surface area (Å²) in [5, 5.41) is 2.69. The molecule has 0 spiro atoms. The van der Waals surface area contributed by atoms with Crippen LogP contribution in [0, 0.1) is 0 Å². The fraction of sp³-hybridized carbons (Fsp3) is 0.188. The second-order valence-corrected chi connectivity index (χ2v) is 6.83. The Balaban J connectivity index is 2.34. The number of anilines is 1. The van der Waals surface area contributed by atoms with Gasteiger partial charge in [-0.3, -0.25) is 4.79 Å². The normalized spacial score (nSPS) is 11.0. The van der Waals surface area contributed by atoms with Crippen LogP contribution in [0.5, 0.6) is 5.75 Å². The van der Waals surface area contributed by atoms with Crippen LogP contribution in [0.4, 0.5) is 5.69 Å². The first-order valence-electron chi connectivity index (χ1n) is 6.75. The molecular weight excluding hydrogens is 302 g/mol. The van der Waals surface area contributed by atoms with Crippen LogP contribution < -0.4 is 10.1 Å². The number of amides is 1. The van der Waals surface area contributed by atoms with Crippen molar-refractivity contribution >= 4 is 21.4 Å². The van der Waals surface area contributed by atoms with E-state index in [1.54, 1.807) is 43.3 Å². The number of carbonyl (C=O) groups excluding carboxylic acids is 1. The first-order chi connectivity index (χ1) is 10.5. The Labute approximate surface area is 129 Å². The summed E-state index contributed by atoms with van der Waals surface area (Å²) >= 11 is 0. The Hall–Kier alpha value is -2.34. The summed E-state index contributed by atoms with van der Waals surface area (Å²) in [6.07, 6.45) is 0. The van der Waals surface area contributed by atoms with Gasteiger partial charge in [-0.05, 0) is 24.3 Å². The van der Waals surface area contributed by atoms with Gasteiger partial charge in [0.05, 0.1) is 23.3 Å². The molecule has 0 aliphatic heterocycles. The average molecular weight is 319 g/mol. The van der Waals surface area contributed by atoms with E-state index in [9.17, 15) is 13.2 Å². The number of methoxy groups -OCH3 is 1. The molecule has 0 aromatic heterocycles. The van der Waals surface area contributed by atoms with Gasteiger partial charge in [0.25, 0.3) is 5.91 Å². The Morgan fingerprint density at radius 1 is 1.14 bits per heavy atom. The average Bonchev–Trinajstić information content (AvgIpc) is 2.55. The van der Waals surface area contributed by atoms with Crippen molar-refractivity contribution in [1.29, 1.82) is 0 Å². The number of carbonyl (C=O) groups is 1. The van der Waals surface area contributed by atoms with Crippen LogP contribution in [0.15, 0.2) is 53.4 Å². The topological polar surface area (TPSA) is 72.5 Å². The smallest absolute Gasteiger partial charge is 0.256 e. The molecule has 0 saturated carbocycles. The quantitative estimate of drug-likeness (QED) is 0.920. The van der Waals surface area contributed by atoms with E-state index in [1.807, 2.05) is 0 Å². The number of sulfone groups is 1. The van der Waals surface area contributed by atoms with Crippen LogP contribution in [0.25, 0.3) is 0 Å². The molecule has 116 valence electrons. The summed E-state index contributed by atoms with van der Waals surface area (Å²) in [7, 11) is -1.93. The monoisotopic (exact) mass is 319 g/mol. The predicted molar refractivity (Wildman–Crippen MR) is 85.1 cm³/mol. The lowest BCUT2D eigenvalue weighted by molar-refractivity contribution is 0.102. The molecule has 0 fully saturated rings.